The molecule has 2 aromatic heterocycles. The van der Waals surface area contributed by atoms with Crippen LogP contribution in [0.2, 0.25) is 5.02 Å². The molecule has 0 spiro atoms. The van der Waals surface area contributed by atoms with Crippen LogP contribution in [0.25, 0.3) is 11.4 Å². The van der Waals surface area contributed by atoms with Crippen molar-refractivity contribution in [2.24, 2.45) is 7.05 Å². The van der Waals surface area contributed by atoms with Gasteiger partial charge in [0.2, 0.25) is 5.91 Å². The number of H-pyrrole nitrogens is 1. The second kappa shape index (κ2) is 8.65. The number of benzene rings is 1. The topological polar surface area (TPSA) is 112 Å². The van der Waals surface area contributed by atoms with Crippen LogP contribution in [0, 0.1) is 10.6 Å². The Kier molecular flexibility index (Phi) is 6.22. The van der Waals surface area contributed by atoms with E-state index in [2.05, 4.69) is 20.2 Å². The van der Waals surface area contributed by atoms with Crippen molar-refractivity contribution in [1.82, 2.24) is 23.8 Å². The van der Waals surface area contributed by atoms with Gasteiger partial charge in [-0.15, -0.1) is 11.3 Å². The van der Waals surface area contributed by atoms with Gasteiger partial charge >= 0.3 is 0 Å². The molecule has 2 unspecified atom stereocenters. The molecule has 0 bridgehead atoms. The van der Waals surface area contributed by atoms with E-state index in [1.54, 1.807) is 11.6 Å². The molecular weight excluding hydrogens is 499 g/mol. The van der Waals surface area contributed by atoms with Crippen LogP contribution in [0.15, 0.2) is 29.6 Å². The van der Waals surface area contributed by atoms with Gasteiger partial charge in [0.1, 0.15) is 11.9 Å². The number of anilines is 1. The van der Waals surface area contributed by atoms with Crippen molar-refractivity contribution in [3.63, 3.8) is 0 Å². The highest BCUT2D eigenvalue weighted by Gasteiger charge is 2.41. The van der Waals surface area contributed by atoms with Gasteiger partial charge in [0.25, 0.3) is 10.2 Å². The molecule has 3 N–H and O–H groups in total. The Hall–Kier alpha value is -2.16. The number of hydrogen-bond donors (Lipinski definition) is 3. The third-order valence-electron chi connectivity index (χ3n) is 5.16. The molecule has 1 aliphatic heterocycles. The van der Waals surface area contributed by atoms with Gasteiger partial charge in [-0.3, -0.25) is 9.89 Å². The zero-order valence-electron chi connectivity index (χ0n) is 16.8. The summed E-state index contributed by atoms with van der Waals surface area (Å²) in [5, 5.41) is 11.2. The fourth-order valence-electron chi connectivity index (χ4n) is 3.35. The minimum absolute atomic E-state index is 0.146. The molecule has 2 atom stereocenters. The number of rotatable bonds is 4. The molecule has 4 rings (SSSR count). The van der Waals surface area contributed by atoms with Crippen molar-refractivity contribution in [3.8, 4) is 11.4 Å². The number of nitrogens with one attached hydrogen (secondary N) is 3. The van der Waals surface area contributed by atoms with Crippen molar-refractivity contribution in [3.05, 3.63) is 50.1 Å². The molecule has 3 heterocycles. The molecule has 1 aliphatic rings. The Morgan fingerprint density at radius 3 is 2.78 bits per heavy atom. The van der Waals surface area contributed by atoms with Crippen molar-refractivity contribution in [2.45, 2.75) is 18.5 Å². The van der Waals surface area contributed by atoms with Crippen LogP contribution in [-0.2, 0) is 22.1 Å². The van der Waals surface area contributed by atoms with E-state index in [1.165, 1.54) is 30.5 Å². The van der Waals surface area contributed by atoms with Crippen molar-refractivity contribution >= 4 is 57.0 Å². The lowest BCUT2D eigenvalue weighted by atomic mass is 10.0. The number of thiophene rings is 1. The van der Waals surface area contributed by atoms with E-state index in [0.29, 0.717) is 10.6 Å². The highest BCUT2D eigenvalue weighted by molar-refractivity contribution is 7.87. The highest BCUT2D eigenvalue weighted by Crippen LogP contribution is 2.34. The van der Waals surface area contributed by atoms with Crippen LogP contribution in [0.3, 0.4) is 0 Å². The van der Waals surface area contributed by atoms with E-state index in [0.717, 1.165) is 20.8 Å². The van der Waals surface area contributed by atoms with Gasteiger partial charge in [-0.1, -0.05) is 11.6 Å². The van der Waals surface area contributed by atoms with Crippen LogP contribution in [-0.4, -0.2) is 46.5 Å². The van der Waals surface area contributed by atoms with Crippen molar-refractivity contribution < 1.29 is 17.6 Å². The molecule has 9 nitrogen and oxygen atoms in total. The number of aromatic nitrogens is 3. The highest BCUT2D eigenvalue weighted by atomic mass is 35.5. The zero-order chi connectivity index (χ0) is 23.2. The number of nitrogens with zero attached hydrogens (tertiary/aromatic N) is 3. The number of carbonyl (C=O) groups excluding carboxylic acids is 1. The number of amides is 1. The molecule has 3 aromatic rings. The van der Waals surface area contributed by atoms with Gasteiger partial charge in [-0.2, -0.15) is 22.5 Å². The summed E-state index contributed by atoms with van der Waals surface area (Å²) in [5.41, 5.74) is 1.05. The molecule has 14 heteroatoms. The average Bonchev–Trinajstić information content (AvgIpc) is 3.34. The number of aromatic amines is 1. The number of likely N-dealkylation sites (N-methyl/N-ethyl adjacent to an activating group) is 1. The lowest BCUT2D eigenvalue weighted by molar-refractivity contribution is -0.120. The monoisotopic (exact) mass is 516 g/mol. The first-order valence-electron chi connectivity index (χ1n) is 9.28. The van der Waals surface area contributed by atoms with Crippen molar-refractivity contribution in [1.29, 1.82) is 0 Å². The smallest absolute Gasteiger partial charge is 0.280 e. The van der Waals surface area contributed by atoms with Gasteiger partial charge in [0.05, 0.1) is 11.1 Å². The molecule has 1 saturated heterocycles. The first-order chi connectivity index (χ1) is 15.1. The van der Waals surface area contributed by atoms with Gasteiger partial charge in [0.15, 0.2) is 10.6 Å². The molecule has 0 radical (unpaired) electrons. The van der Waals surface area contributed by atoms with Crippen molar-refractivity contribution in [2.75, 3.05) is 12.4 Å². The van der Waals surface area contributed by atoms with Gasteiger partial charge < -0.3 is 9.88 Å². The quantitative estimate of drug-likeness (QED) is 0.461. The number of carbonyl (C=O) groups is 1. The van der Waals surface area contributed by atoms with E-state index in [1.807, 2.05) is 11.4 Å². The molecule has 1 amide bonds. The fourth-order valence-corrected chi connectivity index (χ4v) is 5.96. The lowest BCUT2D eigenvalue weighted by Gasteiger charge is -2.35. The lowest BCUT2D eigenvalue weighted by Crippen LogP contribution is -2.55. The predicted octanol–water partition coefficient (Wildman–Crippen LogP) is 3.22. The maximum Gasteiger partial charge on any atom is 0.280 e. The SMILES string of the molecule is CN1C(C(=O)Nc2ccc(F)c(Cl)c2)CC(c2cc(-c3n[nH]c(=S)n3C)cs2)NS1(=O)=O. The van der Waals surface area contributed by atoms with Crippen LogP contribution in [0.1, 0.15) is 17.3 Å². The molecule has 170 valence electrons. The Morgan fingerprint density at radius 1 is 1.38 bits per heavy atom. The first kappa shape index (κ1) is 23.0. The molecule has 32 heavy (non-hydrogen) atoms. The Balaban J connectivity index is 1.59. The van der Waals surface area contributed by atoms with Crippen LogP contribution >= 0.6 is 35.2 Å². The third-order valence-corrected chi connectivity index (χ3v) is 8.46. The van der Waals surface area contributed by atoms with Crippen LogP contribution < -0.4 is 10.0 Å². The molecule has 1 aromatic carbocycles. The second-order valence-electron chi connectivity index (χ2n) is 7.21. The number of halogens is 2. The summed E-state index contributed by atoms with van der Waals surface area (Å²) in [6.45, 7) is 0. The molecular formula is C18H18ClFN6O3S3. The Labute approximate surface area is 197 Å². The van der Waals surface area contributed by atoms with Crippen LogP contribution in [0.4, 0.5) is 10.1 Å². The Morgan fingerprint density at radius 2 is 2.12 bits per heavy atom. The van der Waals surface area contributed by atoms with E-state index in [4.69, 9.17) is 23.8 Å². The third kappa shape index (κ3) is 4.36. The summed E-state index contributed by atoms with van der Waals surface area (Å²) >= 11 is 12.3. The fraction of sp³-hybridized carbons (Fsp3) is 0.278. The largest absolute Gasteiger partial charge is 0.325 e. The summed E-state index contributed by atoms with van der Waals surface area (Å²) in [5.74, 6) is -0.541. The minimum Gasteiger partial charge on any atom is -0.325 e. The van der Waals surface area contributed by atoms with Crippen LogP contribution in [0.5, 0.6) is 0 Å². The summed E-state index contributed by atoms with van der Waals surface area (Å²) in [7, 11) is -0.815. The maximum absolute atomic E-state index is 13.4. The van der Waals surface area contributed by atoms with Gasteiger partial charge in [-0.05, 0) is 42.9 Å². The predicted molar refractivity (Wildman–Crippen MR) is 123 cm³/mol. The summed E-state index contributed by atoms with van der Waals surface area (Å²) in [6, 6.07) is 3.97. The summed E-state index contributed by atoms with van der Waals surface area (Å²) in [6.07, 6.45) is 0.190. The second-order valence-corrected chi connectivity index (χ2v) is 10.7. The standard InChI is InChI=1S/C18H18ClFN6O3S3/c1-25-16(22-23-18(25)30)9-5-15(31-8-9)13-7-14(26(2)32(28,29)24-13)17(27)21-10-3-4-12(20)11(19)6-10/h3-6,8,13-14,24H,7H2,1-2H3,(H,21,27)(H,23,30). The summed E-state index contributed by atoms with van der Waals surface area (Å²) < 4.78 is 44.6. The minimum atomic E-state index is -3.92. The van der Waals surface area contributed by atoms with E-state index < -0.39 is 34.0 Å². The maximum atomic E-state index is 13.4. The average molecular weight is 517 g/mol. The van der Waals surface area contributed by atoms with E-state index in [9.17, 15) is 17.6 Å². The summed E-state index contributed by atoms with van der Waals surface area (Å²) in [4.78, 5) is 13.6. The molecule has 0 saturated carbocycles. The first-order valence-corrected chi connectivity index (χ1v) is 12.4. The van der Waals surface area contributed by atoms with Gasteiger partial charge in [0, 0.05) is 35.6 Å². The number of hydrogen-bond acceptors (Lipinski definition) is 6. The van der Waals surface area contributed by atoms with E-state index >= 15 is 0 Å². The molecule has 1 fully saturated rings. The zero-order valence-corrected chi connectivity index (χ0v) is 20.0. The molecule has 0 aliphatic carbocycles. The van der Waals surface area contributed by atoms with E-state index in [-0.39, 0.29) is 17.1 Å². The Bertz CT molecular complexity index is 1350. The van der Waals surface area contributed by atoms with Gasteiger partial charge in [-0.25, -0.2) is 4.39 Å². The normalized spacial score (nSPS) is 20.9.